The normalized spacial score (nSPS) is 10.5. The summed E-state index contributed by atoms with van der Waals surface area (Å²) in [7, 11) is 3.21. The van der Waals surface area contributed by atoms with Gasteiger partial charge in [0.1, 0.15) is 11.5 Å². The highest BCUT2D eigenvalue weighted by atomic mass is 16.5. The molecular formula is C22H29NO5. The maximum atomic E-state index is 12.0. The number of carbonyl (C=O) groups excluding carboxylic acids is 1. The number of rotatable bonds is 11. The molecule has 0 aliphatic carbocycles. The van der Waals surface area contributed by atoms with Crippen molar-refractivity contribution in [2.45, 2.75) is 26.8 Å². The lowest BCUT2D eigenvalue weighted by Crippen LogP contribution is -2.28. The highest BCUT2D eigenvalue weighted by molar-refractivity contribution is 5.77. The Kier molecular flexibility index (Phi) is 8.46. The molecule has 1 amide bonds. The van der Waals surface area contributed by atoms with E-state index in [0.29, 0.717) is 36.3 Å². The van der Waals surface area contributed by atoms with Crippen LogP contribution in [0.15, 0.2) is 42.5 Å². The van der Waals surface area contributed by atoms with Crippen molar-refractivity contribution in [2.24, 2.45) is 5.92 Å². The first-order chi connectivity index (χ1) is 13.5. The number of hydrogen-bond donors (Lipinski definition) is 1. The molecule has 6 heteroatoms. The second-order valence-corrected chi connectivity index (χ2v) is 6.76. The van der Waals surface area contributed by atoms with Crippen LogP contribution >= 0.6 is 0 Å². The Morgan fingerprint density at radius 1 is 0.929 bits per heavy atom. The molecule has 0 bridgehead atoms. The zero-order valence-corrected chi connectivity index (χ0v) is 17.0. The number of methoxy groups -OCH3 is 2. The summed E-state index contributed by atoms with van der Waals surface area (Å²) in [5.74, 6) is 3.10. The maximum absolute atomic E-state index is 12.0. The number of amides is 1. The van der Waals surface area contributed by atoms with Gasteiger partial charge in [0, 0.05) is 6.54 Å². The monoisotopic (exact) mass is 387 g/mol. The first kappa shape index (κ1) is 21.4. The molecule has 0 aliphatic rings. The molecule has 2 aromatic carbocycles. The zero-order chi connectivity index (χ0) is 20.4. The smallest absolute Gasteiger partial charge is 0.258 e. The van der Waals surface area contributed by atoms with Crippen molar-refractivity contribution in [3.8, 4) is 23.0 Å². The number of nitrogens with one attached hydrogen (secondary N) is 1. The fourth-order valence-electron chi connectivity index (χ4n) is 2.42. The van der Waals surface area contributed by atoms with E-state index < -0.39 is 0 Å². The largest absolute Gasteiger partial charge is 0.497 e. The molecule has 152 valence electrons. The number of hydrogen-bond acceptors (Lipinski definition) is 5. The lowest BCUT2D eigenvalue weighted by atomic mass is 10.1. The van der Waals surface area contributed by atoms with Gasteiger partial charge in [-0.3, -0.25) is 4.79 Å². The zero-order valence-electron chi connectivity index (χ0n) is 17.0. The molecule has 0 saturated carbocycles. The molecule has 0 aromatic heterocycles. The van der Waals surface area contributed by atoms with Gasteiger partial charge in [-0.1, -0.05) is 19.9 Å². The first-order valence-electron chi connectivity index (χ1n) is 9.35. The van der Waals surface area contributed by atoms with Crippen LogP contribution in [0.3, 0.4) is 0 Å². The van der Waals surface area contributed by atoms with Gasteiger partial charge >= 0.3 is 0 Å². The van der Waals surface area contributed by atoms with Crippen LogP contribution in [0.4, 0.5) is 0 Å². The van der Waals surface area contributed by atoms with E-state index in [9.17, 15) is 4.79 Å². The van der Waals surface area contributed by atoms with E-state index in [4.69, 9.17) is 18.9 Å². The molecule has 0 saturated heterocycles. The summed E-state index contributed by atoms with van der Waals surface area (Å²) in [6.07, 6.45) is 0.981. The third kappa shape index (κ3) is 7.02. The van der Waals surface area contributed by atoms with Crippen molar-refractivity contribution < 1.29 is 23.7 Å². The molecule has 0 unspecified atom stereocenters. The van der Waals surface area contributed by atoms with Crippen LogP contribution < -0.4 is 24.3 Å². The van der Waals surface area contributed by atoms with Crippen molar-refractivity contribution in [1.82, 2.24) is 5.32 Å². The van der Waals surface area contributed by atoms with Crippen LogP contribution in [-0.2, 0) is 11.3 Å². The van der Waals surface area contributed by atoms with E-state index in [1.165, 1.54) is 0 Å². The lowest BCUT2D eigenvalue weighted by Gasteiger charge is -2.13. The lowest BCUT2D eigenvalue weighted by molar-refractivity contribution is -0.123. The molecular weight excluding hydrogens is 358 g/mol. The van der Waals surface area contributed by atoms with Gasteiger partial charge in [-0.25, -0.2) is 0 Å². The predicted octanol–water partition coefficient (Wildman–Crippen LogP) is 3.82. The Morgan fingerprint density at radius 2 is 1.64 bits per heavy atom. The van der Waals surface area contributed by atoms with Crippen LogP contribution in [0.5, 0.6) is 23.0 Å². The first-order valence-corrected chi connectivity index (χ1v) is 9.35. The van der Waals surface area contributed by atoms with Crippen LogP contribution in [0.25, 0.3) is 0 Å². The topological polar surface area (TPSA) is 66.0 Å². The molecule has 0 fully saturated rings. The Bertz CT molecular complexity index is 743. The molecule has 28 heavy (non-hydrogen) atoms. The molecule has 2 aromatic rings. The average molecular weight is 387 g/mol. The molecule has 0 spiro atoms. The van der Waals surface area contributed by atoms with Gasteiger partial charge in [0.25, 0.3) is 5.91 Å². The van der Waals surface area contributed by atoms with Gasteiger partial charge in [0.15, 0.2) is 18.1 Å². The highest BCUT2D eigenvalue weighted by Crippen LogP contribution is 2.28. The van der Waals surface area contributed by atoms with Crippen molar-refractivity contribution in [2.75, 3.05) is 27.4 Å². The van der Waals surface area contributed by atoms with Gasteiger partial charge in [0.05, 0.1) is 20.8 Å². The summed E-state index contributed by atoms with van der Waals surface area (Å²) in [6.45, 7) is 5.29. The summed E-state index contributed by atoms with van der Waals surface area (Å²) in [6, 6.07) is 12.7. The molecule has 0 atom stereocenters. The summed E-state index contributed by atoms with van der Waals surface area (Å²) in [5.41, 5.74) is 0.922. The third-order valence-electron chi connectivity index (χ3n) is 4.10. The maximum Gasteiger partial charge on any atom is 0.258 e. The Morgan fingerprint density at radius 3 is 2.29 bits per heavy atom. The van der Waals surface area contributed by atoms with Crippen molar-refractivity contribution in [1.29, 1.82) is 0 Å². The predicted molar refractivity (Wildman–Crippen MR) is 108 cm³/mol. The molecule has 1 N–H and O–H groups in total. The average Bonchev–Trinajstić information content (AvgIpc) is 2.71. The van der Waals surface area contributed by atoms with Gasteiger partial charge in [-0.15, -0.1) is 0 Å². The van der Waals surface area contributed by atoms with Gasteiger partial charge in [-0.05, 0) is 54.3 Å². The van der Waals surface area contributed by atoms with E-state index in [0.717, 1.165) is 17.7 Å². The van der Waals surface area contributed by atoms with Crippen molar-refractivity contribution >= 4 is 5.91 Å². The number of carbonyl (C=O) groups is 1. The minimum absolute atomic E-state index is 0.0557. The fraction of sp³-hybridized carbons (Fsp3) is 0.409. The minimum Gasteiger partial charge on any atom is -0.497 e. The number of benzene rings is 2. The van der Waals surface area contributed by atoms with Crippen LogP contribution in [-0.4, -0.2) is 33.3 Å². The fourth-order valence-corrected chi connectivity index (χ4v) is 2.42. The van der Waals surface area contributed by atoms with Gasteiger partial charge in [-0.2, -0.15) is 0 Å². The molecule has 6 nitrogen and oxygen atoms in total. The van der Waals surface area contributed by atoms with Crippen molar-refractivity contribution in [3.63, 3.8) is 0 Å². The summed E-state index contributed by atoms with van der Waals surface area (Å²) in [5, 5.41) is 2.84. The standard InChI is InChI=1S/C22H29NO5/c1-16(2)11-12-27-20-10-5-17(13-21(20)26-4)14-23-22(24)15-28-19-8-6-18(25-3)7-9-19/h5-10,13,16H,11-12,14-15H2,1-4H3,(H,23,24). The van der Waals surface area contributed by atoms with Gasteiger partial charge < -0.3 is 24.3 Å². The third-order valence-corrected chi connectivity index (χ3v) is 4.10. The summed E-state index contributed by atoms with van der Waals surface area (Å²) >= 11 is 0. The second kappa shape index (κ2) is 11.1. The number of ether oxygens (including phenoxy) is 4. The summed E-state index contributed by atoms with van der Waals surface area (Å²) in [4.78, 5) is 12.0. The van der Waals surface area contributed by atoms with E-state index in [-0.39, 0.29) is 12.5 Å². The summed E-state index contributed by atoms with van der Waals surface area (Å²) < 4.78 is 21.7. The minimum atomic E-state index is -0.202. The highest BCUT2D eigenvalue weighted by Gasteiger charge is 2.08. The van der Waals surface area contributed by atoms with E-state index in [1.54, 1.807) is 38.5 Å². The van der Waals surface area contributed by atoms with Crippen LogP contribution in [0.1, 0.15) is 25.8 Å². The Labute approximate surface area is 166 Å². The van der Waals surface area contributed by atoms with Crippen LogP contribution in [0, 0.1) is 5.92 Å². The Hall–Kier alpha value is -2.89. The quantitative estimate of drug-likeness (QED) is 0.635. The molecule has 0 radical (unpaired) electrons. The SMILES string of the molecule is COc1ccc(OCC(=O)NCc2ccc(OCCC(C)C)c(OC)c2)cc1. The Balaban J connectivity index is 1.81. The van der Waals surface area contributed by atoms with Crippen LogP contribution in [0.2, 0.25) is 0 Å². The van der Waals surface area contributed by atoms with E-state index in [2.05, 4.69) is 19.2 Å². The molecule has 0 heterocycles. The molecule has 2 rings (SSSR count). The van der Waals surface area contributed by atoms with Gasteiger partial charge in [0.2, 0.25) is 0 Å². The second-order valence-electron chi connectivity index (χ2n) is 6.76. The molecule has 0 aliphatic heterocycles. The van der Waals surface area contributed by atoms with E-state index in [1.807, 2.05) is 18.2 Å². The van der Waals surface area contributed by atoms with Crippen molar-refractivity contribution in [3.05, 3.63) is 48.0 Å². The van der Waals surface area contributed by atoms with E-state index >= 15 is 0 Å².